The average molecular weight is 571 g/mol. The number of unbranched alkanes of at least 4 members (excludes halogenated alkanes) is 1. The molecule has 2 rings (SSSR count). The zero-order valence-electron chi connectivity index (χ0n) is 28.2. The molecule has 0 bridgehead atoms. The Bertz CT molecular complexity index is 1230. The molecule has 0 aromatic carbocycles. The van der Waals surface area contributed by atoms with Crippen LogP contribution in [0.3, 0.4) is 0 Å². The fourth-order valence-electron chi connectivity index (χ4n) is 6.38. The van der Waals surface area contributed by atoms with E-state index in [1.807, 2.05) is 6.08 Å². The number of rotatable bonds is 11. The maximum absolute atomic E-state index is 10.1. The van der Waals surface area contributed by atoms with Gasteiger partial charge in [-0.15, -0.1) is 0 Å². The molecule has 2 aliphatic rings. The minimum atomic E-state index is -0.325. The topological polar surface area (TPSA) is 40.5 Å². The molecule has 0 aliphatic heterocycles. The first-order valence-corrected chi connectivity index (χ1v) is 15.7. The fourth-order valence-corrected chi connectivity index (χ4v) is 6.38. The van der Waals surface area contributed by atoms with Crippen molar-refractivity contribution >= 4 is 0 Å². The van der Waals surface area contributed by atoms with E-state index >= 15 is 0 Å². The van der Waals surface area contributed by atoms with Gasteiger partial charge >= 0.3 is 0 Å². The number of hydrogen-bond acceptors (Lipinski definition) is 2. The van der Waals surface area contributed by atoms with Gasteiger partial charge in [-0.1, -0.05) is 140 Å². The zero-order valence-corrected chi connectivity index (χ0v) is 28.2. The van der Waals surface area contributed by atoms with Gasteiger partial charge in [0, 0.05) is 5.92 Å². The number of hydrogen-bond donors (Lipinski definition) is 2. The van der Waals surface area contributed by atoms with Crippen molar-refractivity contribution in [3.8, 4) is 0 Å². The molecule has 0 heterocycles. The van der Waals surface area contributed by atoms with Gasteiger partial charge in [-0.2, -0.15) is 0 Å². The predicted molar refractivity (Wildman–Crippen MR) is 184 cm³/mol. The van der Waals surface area contributed by atoms with Crippen LogP contribution in [-0.2, 0) is 0 Å². The average Bonchev–Trinajstić information content (AvgIpc) is 2.84. The molecule has 0 unspecified atom stereocenters. The molecule has 0 radical (unpaired) electrons. The van der Waals surface area contributed by atoms with Crippen molar-refractivity contribution in [1.29, 1.82) is 0 Å². The van der Waals surface area contributed by atoms with Crippen molar-refractivity contribution in [2.24, 2.45) is 16.7 Å². The lowest BCUT2D eigenvalue weighted by atomic mass is 9.67. The van der Waals surface area contributed by atoms with Crippen LogP contribution in [0.5, 0.6) is 0 Å². The highest BCUT2D eigenvalue weighted by atomic mass is 16.3. The van der Waals surface area contributed by atoms with Crippen molar-refractivity contribution in [3.05, 3.63) is 118 Å². The fraction of sp³-hybridized carbons (Fsp3) is 0.500. The lowest BCUT2D eigenvalue weighted by Crippen LogP contribution is -2.32. The first kappa shape index (κ1) is 35.5. The highest BCUT2D eigenvalue weighted by Gasteiger charge is 2.34. The third-order valence-corrected chi connectivity index (χ3v) is 8.60. The van der Waals surface area contributed by atoms with Gasteiger partial charge in [0.25, 0.3) is 0 Å². The Balaban J connectivity index is 1.83. The largest absolute Gasteiger partial charge is 0.393 e. The molecule has 42 heavy (non-hydrogen) atoms. The third-order valence-electron chi connectivity index (χ3n) is 8.60. The van der Waals surface area contributed by atoms with E-state index in [0.717, 1.165) is 32.1 Å². The van der Waals surface area contributed by atoms with E-state index < -0.39 is 0 Å². The van der Waals surface area contributed by atoms with Crippen LogP contribution in [0.2, 0.25) is 0 Å². The highest BCUT2D eigenvalue weighted by Crippen LogP contribution is 2.42. The molecule has 0 aromatic rings. The SMILES string of the molecule is CC1=C[C@H](O)CC(C)(C)[C@H]1/C=C/C(C)=C/C=C/C(C)=C/CC/C=C(C)/C=C/C=C(C)/C=C/C1=C(C)C[C@@H](O)CC1(C)C. The molecular formula is C40H58O2. The second kappa shape index (κ2) is 16.2. The second-order valence-corrected chi connectivity index (χ2v) is 14.0. The summed E-state index contributed by atoms with van der Waals surface area (Å²) in [7, 11) is 0. The summed E-state index contributed by atoms with van der Waals surface area (Å²) in [6, 6.07) is 0. The smallest absolute Gasteiger partial charge is 0.0729 e. The van der Waals surface area contributed by atoms with Crippen LogP contribution in [0, 0.1) is 16.7 Å². The molecule has 0 saturated carbocycles. The van der Waals surface area contributed by atoms with Crippen LogP contribution in [-0.4, -0.2) is 22.4 Å². The normalized spacial score (nSPS) is 26.4. The number of aliphatic hydroxyl groups excluding tert-OH is 2. The van der Waals surface area contributed by atoms with E-state index in [4.69, 9.17) is 0 Å². The van der Waals surface area contributed by atoms with E-state index in [1.54, 1.807) is 0 Å². The Hall–Kier alpha value is -2.68. The van der Waals surface area contributed by atoms with Crippen LogP contribution in [0.15, 0.2) is 118 Å². The lowest BCUT2D eigenvalue weighted by molar-refractivity contribution is 0.116. The van der Waals surface area contributed by atoms with Gasteiger partial charge in [0.15, 0.2) is 0 Å². The Morgan fingerprint density at radius 1 is 0.786 bits per heavy atom. The summed E-state index contributed by atoms with van der Waals surface area (Å²) < 4.78 is 0. The molecule has 2 N–H and O–H groups in total. The van der Waals surface area contributed by atoms with Crippen molar-refractivity contribution in [2.75, 3.05) is 0 Å². The van der Waals surface area contributed by atoms with Gasteiger partial charge in [0.1, 0.15) is 0 Å². The maximum Gasteiger partial charge on any atom is 0.0729 e. The van der Waals surface area contributed by atoms with Crippen LogP contribution in [0.1, 0.15) is 101 Å². The second-order valence-electron chi connectivity index (χ2n) is 14.0. The van der Waals surface area contributed by atoms with Crippen molar-refractivity contribution in [3.63, 3.8) is 0 Å². The van der Waals surface area contributed by atoms with Crippen LogP contribution in [0.4, 0.5) is 0 Å². The Morgan fingerprint density at radius 2 is 1.33 bits per heavy atom. The molecule has 2 aliphatic carbocycles. The summed E-state index contributed by atoms with van der Waals surface area (Å²) in [6.07, 6.45) is 32.4. The molecule has 0 amide bonds. The van der Waals surface area contributed by atoms with Gasteiger partial charge in [-0.25, -0.2) is 0 Å². The number of aliphatic hydroxyl groups is 2. The molecule has 0 saturated heterocycles. The monoisotopic (exact) mass is 570 g/mol. The molecular weight excluding hydrogens is 512 g/mol. The highest BCUT2D eigenvalue weighted by molar-refractivity contribution is 5.38. The van der Waals surface area contributed by atoms with Gasteiger partial charge in [-0.05, 0) is 90.0 Å². The molecule has 0 aromatic heterocycles. The van der Waals surface area contributed by atoms with E-state index in [0.29, 0.717) is 5.92 Å². The summed E-state index contributed by atoms with van der Waals surface area (Å²) in [4.78, 5) is 0. The summed E-state index contributed by atoms with van der Waals surface area (Å²) in [6.45, 7) is 21.8. The minimum Gasteiger partial charge on any atom is -0.393 e. The molecule has 0 fully saturated rings. The summed E-state index contributed by atoms with van der Waals surface area (Å²) in [5.41, 5.74) is 8.98. The molecule has 0 spiro atoms. The van der Waals surface area contributed by atoms with Crippen molar-refractivity contribution < 1.29 is 10.2 Å². The quantitative estimate of drug-likeness (QED) is 0.147. The number of allylic oxidation sites excluding steroid dienone is 18. The zero-order chi connectivity index (χ0) is 31.5. The molecule has 3 atom stereocenters. The predicted octanol–water partition coefficient (Wildman–Crippen LogP) is 10.6. The van der Waals surface area contributed by atoms with Gasteiger partial charge in [0.05, 0.1) is 12.2 Å². The van der Waals surface area contributed by atoms with E-state index in [9.17, 15) is 10.2 Å². The molecule has 2 nitrogen and oxygen atoms in total. The first-order valence-electron chi connectivity index (χ1n) is 15.7. The van der Waals surface area contributed by atoms with E-state index in [2.05, 4.69) is 142 Å². The standard InChI is InChI=1S/C40H58O2/c1-29(17-13-19-31(3)21-23-37-33(5)25-35(41)27-39(37,7)8)15-11-12-16-30(2)18-14-20-32(4)22-24-38-34(6)26-36(42)28-40(38,9)10/h13-25,35-37,41-42H,11-12,26-28H2,1-10H3/b17-13+,18-14+,23-21+,24-22+,29-15+,30-16+,31-19+,32-20+/t35-,36+,37-/m0/s1. The Kier molecular flexibility index (Phi) is 13.7. The maximum atomic E-state index is 10.1. The van der Waals surface area contributed by atoms with Crippen molar-refractivity contribution in [1.82, 2.24) is 0 Å². The molecule has 230 valence electrons. The Labute approximate surface area is 258 Å². The Morgan fingerprint density at radius 3 is 1.86 bits per heavy atom. The van der Waals surface area contributed by atoms with Crippen molar-refractivity contribution in [2.45, 2.75) is 114 Å². The van der Waals surface area contributed by atoms with Crippen LogP contribution < -0.4 is 0 Å². The van der Waals surface area contributed by atoms with Gasteiger partial charge in [0.2, 0.25) is 0 Å². The summed E-state index contributed by atoms with van der Waals surface area (Å²) in [5, 5.41) is 20.2. The van der Waals surface area contributed by atoms with Gasteiger partial charge in [-0.3, -0.25) is 0 Å². The third kappa shape index (κ3) is 11.9. The minimum absolute atomic E-state index is 0.0129. The van der Waals surface area contributed by atoms with E-state index in [-0.39, 0.29) is 23.0 Å². The first-order chi connectivity index (χ1) is 19.6. The van der Waals surface area contributed by atoms with Crippen LogP contribution in [0.25, 0.3) is 0 Å². The molecule has 2 heteroatoms. The van der Waals surface area contributed by atoms with E-state index in [1.165, 1.54) is 39.0 Å². The van der Waals surface area contributed by atoms with Gasteiger partial charge < -0.3 is 10.2 Å². The summed E-state index contributed by atoms with van der Waals surface area (Å²) >= 11 is 0. The summed E-state index contributed by atoms with van der Waals surface area (Å²) in [5.74, 6) is 0.357. The lowest BCUT2D eigenvalue weighted by Gasteiger charge is -2.38. The van der Waals surface area contributed by atoms with Crippen LogP contribution >= 0.6 is 0 Å².